The van der Waals surface area contributed by atoms with E-state index >= 15 is 0 Å². The highest BCUT2D eigenvalue weighted by Crippen LogP contribution is 2.19. The van der Waals surface area contributed by atoms with Crippen molar-refractivity contribution in [1.82, 2.24) is 10.2 Å². The third-order valence-electron chi connectivity index (χ3n) is 3.56. The molecule has 0 bridgehead atoms. The van der Waals surface area contributed by atoms with Crippen LogP contribution in [0, 0.1) is 6.92 Å². The number of rotatable bonds is 4. The van der Waals surface area contributed by atoms with Crippen molar-refractivity contribution in [3.05, 3.63) is 29.3 Å². The van der Waals surface area contributed by atoms with Crippen LogP contribution < -0.4 is 10.1 Å². The maximum Gasteiger partial charge on any atom is 0.222 e. The van der Waals surface area contributed by atoms with Gasteiger partial charge in [0.2, 0.25) is 5.91 Å². The van der Waals surface area contributed by atoms with E-state index in [0.29, 0.717) is 6.42 Å². The van der Waals surface area contributed by atoms with Crippen LogP contribution in [0.25, 0.3) is 0 Å². The Morgan fingerprint density at radius 1 is 1.37 bits per heavy atom. The Kier molecular flexibility index (Phi) is 4.80. The summed E-state index contributed by atoms with van der Waals surface area (Å²) in [6.45, 7) is 5.52. The van der Waals surface area contributed by atoms with Gasteiger partial charge in [-0.2, -0.15) is 0 Å². The van der Waals surface area contributed by atoms with Gasteiger partial charge in [-0.15, -0.1) is 0 Å². The minimum absolute atomic E-state index is 0.259. The summed E-state index contributed by atoms with van der Waals surface area (Å²) in [6.07, 6.45) is 1.39. The van der Waals surface area contributed by atoms with E-state index in [9.17, 15) is 4.79 Å². The van der Waals surface area contributed by atoms with Crippen LogP contribution in [-0.4, -0.2) is 44.1 Å². The van der Waals surface area contributed by atoms with Crippen LogP contribution in [0.2, 0.25) is 0 Å². The van der Waals surface area contributed by atoms with Gasteiger partial charge in [0.1, 0.15) is 5.75 Å². The third-order valence-corrected chi connectivity index (χ3v) is 3.56. The van der Waals surface area contributed by atoms with Crippen molar-refractivity contribution in [3.63, 3.8) is 0 Å². The number of aryl methyl sites for hydroxylation is 2. The average Bonchev–Trinajstić information content (AvgIpc) is 2.46. The van der Waals surface area contributed by atoms with E-state index < -0.39 is 0 Å². The molecule has 1 aromatic rings. The molecule has 4 heteroatoms. The molecule has 19 heavy (non-hydrogen) atoms. The smallest absolute Gasteiger partial charge is 0.222 e. The summed E-state index contributed by atoms with van der Waals surface area (Å²) < 4.78 is 5.24. The number of piperazine rings is 1. The lowest BCUT2D eigenvalue weighted by Crippen LogP contribution is -2.46. The van der Waals surface area contributed by atoms with Crippen LogP contribution in [0.15, 0.2) is 18.2 Å². The van der Waals surface area contributed by atoms with Gasteiger partial charge in [0.15, 0.2) is 0 Å². The average molecular weight is 262 g/mol. The van der Waals surface area contributed by atoms with Crippen molar-refractivity contribution in [2.45, 2.75) is 19.8 Å². The van der Waals surface area contributed by atoms with E-state index in [2.05, 4.69) is 11.4 Å². The number of methoxy groups -OCH3 is 1. The van der Waals surface area contributed by atoms with E-state index in [1.165, 1.54) is 5.56 Å². The quantitative estimate of drug-likeness (QED) is 0.891. The van der Waals surface area contributed by atoms with E-state index in [1.807, 2.05) is 24.0 Å². The predicted molar refractivity (Wildman–Crippen MR) is 75.5 cm³/mol. The van der Waals surface area contributed by atoms with E-state index in [-0.39, 0.29) is 5.91 Å². The molecule has 1 amide bonds. The van der Waals surface area contributed by atoms with Gasteiger partial charge in [-0.25, -0.2) is 0 Å². The summed E-state index contributed by atoms with van der Waals surface area (Å²) in [5.41, 5.74) is 2.32. The van der Waals surface area contributed by atoms with Gasteiger partial charge < -0.3 is 15.0 Å². The summed E-state index contributed by atoms with van der Waals surface area (Å²) in [5.74, 6) is 1.16. The van der Waals surface area contributed by atoms with Crippen molar-refractivity contribution < 1.29 is 9.53 Å². The van der Waals surface area contributed by atoms with Gasteiger partial charge in [0.05, 0.1) is 7.11 Å². The predicted octanol–water partition coefficient (Wildman–Crippen LogP) is 1.37. The van der Waals surface area contributed by atoms with Crippen LogP contribution in [0.5, 0.6) is 5.75 Å². The molecule has 1 aromatic carbocycles. The molecule has 1 heterocycles. The first-order chi connectivity index (χ1) is 9.20. The molecule has 0 spiro atoms. The number of nitrogens with one attached hydrogen (secondary N) is 1. The summed E-state index contributed by atoms with van der Waals surface area (Å²) in [6, 6.07) is 6.11. The SMILES string of the molecule is COc1ccc(CCC(=O)N2CCNCC2)cc1C. The highest BCUT2D eigenvalue weighted by molar-refractivity contribution is 5.76. The van der Waals surface area contributed by atoms with E-state index in [4.69, 9.17) is 4.74 Å². The topological polar surface area (TPSA) is 41.6 Å². The van der Waals surface area contributed by atoms with Gasteiger partial charge in [0, 0.05) is 32.6 Å². The number of benzene rings is 1. The first kappa shape index (κ1) is 13.9. The summed E-state index contributed by atoms with van der Waals surface area (Å²) >= 11 is 0. The number of carbonyl (C=O) groups is 1. The third kappa shape index (κ3) is 3.70. The van der Waals surface area contributed by atoms with Gasteiger partial charge in [-0.3, -0.25) is 4.79 Å². The maximum atomic E-state index is 12.1. The van der Waals surface area contributed by atoms with Gasteiger partial charge in [0.25, 0.3) is 0 Å². The number of amides is 1. The first-order valence-corrected chi connectivity index (χ1v) is 6.82. The van der Waals surface area contributed by atoms with Gasteiger partial charge >= 0.3 is 0 Å². The number of carbonyl (C=O) groups excluding carboxylic acids is 1. The molecule has 1 aliphatic rings. The van der Waals surface area contributed by atoms with Crippen molar-refractivity contribution in [2.24, 2.45) is 0 Å². The van der Waals surface area contributed by atoms with Crippen molar-refractivity contribution in [2.75, 3.05) is 33.3 Å². The lowest BCUT2D eigenvalue weighted by atomic mass is 10.1. The van der Waals surface area contributed by atoms with Crippen LogP contribution in [0.4, 0.5) is 0 Å². The monoisotopic (exact) mass is 262 g/mol. The molecule has 1 aliphatic heterocycles. The Bertz CT molecular complexity index is 440. The molecule has 0 saturated carbocycles. The number of hydrogen-bond acceptors (Lipinski definition) is 3. The zero-order valence-electron chi connectivity index (χ0n) is 11.7. The Balaban J connectivity index is 1.87. The second-order valence-corrected chi connectivity index (χ2v) is 4.93. The van der Waals surface area contributed by atoms with Crippen molar-refractivity contribution in [3.8, 4) is 5.75 Å². The molecule has 0 unspecified atom stereocenters. The number of hydrogen-bond donors (Lipinski definition) is 1. The Morgan fingerprint density at radius 3 is 2.74 bits per heavy atom. The van der Waals surface area contributed by atoms with Crippen LogP contribution in [-0.2, 0) is 11.2 Å². The summed E-state index contributed by atoms with van der Waals surface area (Å²) in [4.78, 5) is 14.0. The standard InChI is InChI=1S/C15H22N2O2/c1-12-11-13(3-5-14(12)19-2)4-6-15(18)17-9-7-16-8-10-17/h3,5,11,16H,4,6-10H2,1-2H3. The fourth-order valence-electron chi connectivity index (χ4n) is 2.42. The first-order valence-electron chi connectivity index (χ1n) is 6.82. The highest BCUT2D eigenvalue weighted by atomic mass is 16.5. The molecule has 1 saturated heterocycles. The van der Waals surface area contributed by atoms with Gasteiger partial charge in [-0.05, 0) is 30.5 Å². The second-order valence-electron chi connectivity index (χ2n) is 4.93. The molecular formula is C15H22N2O2. The fraction of sp³-hybridized carbons (Fsp3) is 0.533. The zero-order chi connectivity index (χ0) is 13.7. The molecular weight excluding hydrogens is 240 g/mol. The fourth-order valence-corrected chi connectivity index (χ4v) is 2.42. The summed E-state index contributed by atoms with van der Waals surface area (Å²) in [5, 5.41) is 3.26. The Labute approximate surface area is 114 Å². The highest BCUT2D eigenvalue weighted by Gasteiger charge is 2.15. The number of ether oxygens (including phenoxy) is 1. The number of nitrogens with zero attached hydrogens (tertiary/aromatic N) is 1. The normalized spacial score (nSPS) is 15.4. The molecule has 0 atom stereocenters. The lowest BCUT2D eigenvalue weighted by molar-refractivity contribution is -0.131. The van der Waals surface area contributed by atoms with E-state index in [0.717, 1.165) is 43.9 Å². The maximum absolute atomic E-state index is 12.1. The summed E-state index contributed by atoms with van der Waals surface area (Å²) in [7, 11) is 1.68. The molecule has 0 aromatic heterocycles. The molecule has 0 radical (unpaired) electrons. The molecule has 104 valence electrons. The van der Waals surface area contributed by atoms with Gasteiger partial charge in [-0.1, -0.05) is 12.1 Å². The minimum Gasteiger partial charge on any atom is -0.496 e. The van der Waals surface area contributed by atoms with Crippen molar-refractivity contribution in [1.29, 1.82) is 0 Å². The van der Waals surface area contributed by atoms with Crippen LogP contribution >= 0.6 is 0 Å². The zero-order valence-corrected chi connectivity index (χ0v) is 11.7. The van der Waals surface area contributed by atoms with Crippen LogP contribution in [0.1, 0.15) is 17.5 Å². The second kappa shape index (κ2) is 6.57. The van der Waals surface area contributed by atoms with E-state index in [1.54, 1.807) is 7.11 Å². The minimum atomic E-state index is 0.259. The lowest BCUT2D eigenvalue weighted by Gasteiger charge is -2.27. The molecule has 1 N–H and O–H groups in total. The Morgan fingerprint density at radius 2 is 2.11 bits per heavy atom. The molecule has 0 aliphatic carbocycles. The largest absolute Gasteiger partial charge is 0.496 e. The Hall–Kier alpha value is -1.55. The molecule has 2 rings (SSSR count). The molecule has 1 fully saturated rings. The molecule has 4 nitrogen and oxygen atoms in total. The van der Waals surface area contributed by atoms with Crippen molar-refractivity contribution >= 4 is 5.91 Å². The van der Waals surface area contributed by atoms with Crippen LogP contribution in [0.3, 0.4) is 0 Å².